The second kappa shape index (κ2) is 7.04. The second-order valence-corrected chi connectivity index (χ2v) is 5.55. The van der Waals surface area contributed by atoms with Gasteiger partial charge in [-0.25, -0.2) is 4.79 Å². The number of hydrogen-bond acceptors (Lipinski definition) is 5. The number of nitrogens with zero attached hydrogens (tertiary/aromatic N) is 1. The number of ketones is 1. The molecule has 0 saturated heterocycles. The molecule has 0 amide bonds. The molecule has 24 heavy (non-hydrogen) atoms. The van der Waals surface area contributed by atoms with Crippen LogP contribution in [0.3, 0.4) is 0 Å². The average Bonchev–Trinajstić information content (AvgIpc) is 2.51. The molecular weight excluding hydrogens is 310 g/mol. The zero-order chi connectivity index (χ0) is 17.9. The van der Waals surface area contributed by atoms with Gasteiger partial charge in [-0.15, -0.1) is 0 Å². The smallest absolute Gasteiger partial charge is 0.345 e. The van der Waals surface area contributed by atoms with Gasteiger partial charge in [0.2, 0.25) is 5.78 Å². The number of para-hydroxylation sites is 1. The van der Waals surface area contributed by atoms with Gasteiger partial charge in [0, 0.05) is 11.1 Å². The van der Waals surface area contributed by atoms with Gasteiger partial charge in [-0.1, -0.05) is 35.9 Å². The quantitative estimate of drug-likeness (QED) is 0.363. The Morgan fingerprint density at radius 2 is 1.75 bits per heavy atom. The lowest BCUT2D eigenvalue weighted by molar-refractivity contribution is -0.385. The molecule has 2 rings (SSSR count). The van der Waals surface area contributed by atoms with Crippen LogP contribution in [0, 0.1) is 30.9 Å². The van der Waals surface area contributed by atoms with Crippen molar-refractivity contribution >= 4 is 17.4 Å². The standard InChI is InChI=1S/C18H17NO5/c1-11-7-8-14(13(3)9-11)16(20)10-24-18(21)15-6-4-5-12(2)17(15)19(22)23/h4-9H,10H2,1-3H3. The van der Waals surface area contributed by atoms with Gasteiger partial charge in [-0.3, -0.25) is 14.9 Å². The average molecular weight is 327 g/mol. The largest absolute Gasteiger partial charge is 0.454 e. The molecule has 0 heterocycles. The van der Waals surface area contributed by atoms with Gasteiger partial charge in [0.05, 0.1) is 4.92 Å². The molecule has 2 aromatic carbocycles. The predicted molar refractivity (Wildman–Crippen MR) is 88.4 cm³/mol. The summed E-state index contributed by atoms with van der Waals surface area (Å²) < 4.78 is 4.98. The van der Waals surface area contributed by atoms with Crippen molar-refractivity contribution in [3.05, 3.63) is 74.3 Å². The van der Waals surface area contributed by atoms with Crippen LogP contribution in [-0.4, -0.2) is 23.3 Å². The van der Waals surface area contributed by atoms with Crippen molar-refractivity contribution in [3.8, 4) is 0 Å². The molecular formula is C18H17NO5. The molecule has 0 aliphatic carbocycles. The van der Waals surface area contributed by atoms with Gasteiger partial charge in [-0.05, 0) is 32.4 Å². The minimum Gasteiger partial charge on any atom is -0.454 e. The van der Waals surface area contributed by atoms with Gasteiger partial charge >= 0.3 is 5.97 Å². The Kier molecular flexibility index (Phi) is 5.08. The van der Waals surface area contributed by atoms with Crippen LogP contribution in [0.1, 0.15) is 37.4 Å². The lowest BCUT2D eigenvalue weighted by Crippen LogP contribution is -2.16. The third kappa shape index (κ3) is 3.65. The maximum Gasteiger partial charge on any atom is 0.345 e. The molecule has 0 aliphatic heterocycles. The van der Waals surface area contributed by atoms with Crippen LogP contribution in [0.15, 0.2) is 36.4 Å². The normalized spacial score (nSPS) is 10.3. The first-order valence-electron chi connectivity index (χ1n) is 7.33. The number of Topliss-reactive ketones (excluding diaryl/α,β-unsaturated/α-hetero) is 1. The summed E-state index contributed by atoms with van der Waals surface area (Å²) in [5.74, 6) is -1.24. The molecule has 0 fully saturated rings. The number of hydrogen-bond donors (Lipinski definition) is 0. The van der Waals surface area contributed by atoms with E-state index >= 15 is 0 Å². The SMILES string of the molecule is Cc1ccc(C(=O)COC(=O)c2cccc(C)c2[N+](=O)[O-])c(C)c1. The molecule has 6 nitrogen and oxygen atoms in total. The third-order valence-electron chi connectivity index (χ3n) is 3.66. The molecule has 0 saturated carbocycles. The molecule has 0 atom stereocenters. The number of carbonyl (C=O) groups is 2. The first-order valence-corrected chi connectivity index (χ1v) is 7.33. The number of rotatable bonds is 5. The summed E-state index contributed by atoms with van der Waals surface area (Å²) in [6, 6.07) is 9.72. The fourth-order valence-corrected chi connectivity index (χ4v) is 2.48. The number of nitro benzene ring substituents is 1. The molecule has 0 aromatic heterocycles. The summed E-state index contributed by atoms with van der Waals surface area (Å²) in [6.45, 7) is 4.79. The van der Waals surface area contributed by atoms with Crippen LogP contribution < -0.4 is 0 Å². The van der Waals surface area contributed by atoms with Gasteiger partial charge < -0.3 is 4.74 Å². The molecule has 2 aromatic rings. The fourth-order valence-electron chi connectivity index (χ4n) is 2.48. The van der Waals surface area contributed by atoms with E-state index in [-0.39, 0.29) is 17.0 Å². The van der Waals surface area contributed by atoms with Crippen molar-refractivity contribution in [1.82, 2.24) is 0 Å². The molecule has 6 heteroatoms. The van der Waals surface area contributed by atoms with Gasteiger partial charge in [0.15, 0.2) is 6.61 Å². The van der Waals surface area contributed by atoms with E-state index in [9.17, 15) is 19.7 Å². The van der Waals surface area contributed by atoms with Crippen LogP contribution in [0.2, 0.25) is 0 Å². The fraction of sp³-hybridized carbons (Fsp3) is 0.222. The Bertz CT molecular complexity index is 826. The Morgan fingerprint density at radius 1 is 1.04 bits per heavy atom. The Hall–Kier alpha value is -3.02. The van der Waals surface area contributed by atoms with Crippen molar-refractivity contribution in [2.45, 2.75) is 20.8 Å². The number of esters is 1. The number of nitro groups is 1. The highest BCUT2D eigenvalue weighted by Gasteiger charge is 2.24. The molecule has 124 valence electrons. The van der Waals surface area contributed by atoms with Crippen LogP contribution in [0.4, 0.5) is 5.69 Å². The maximum atomic E-state index is 12.2. The van der Waals surface area contributed by atoms with Crippen LogP contribution in [0.25, 0.3) is 0 Å². The summed E-state index contributed by atoms with van der Waals surface area (Å²) in [4.78, 5) is 34.8. The van der Waals surface area contributed by atoms with Gasteiger partial charge in [0.1, 0.15) is 5.56 Å². The van der Waals surface area contributed by atoms with Crippen molar-refractivity contribution in [1.29, 1.82) is 0 Å². The van der Waals surface area contributed by atoms with Crippen LogP contribution in [0.5, 0.6) is 0 Å². The zero-order valence-corrected chi connectivity index (χ0v) is 13.7. The number of carbonyl (C=O) groups excluding carboxylic acids is 2. The summed E-state index contributed by atoms with van der Waals surface area (Å²) >= 11 is 0. The summed E-state index contributed by atoms with van der Waals surface area (Å²) in [7, 11) is 0. The third-order valence-corrected chi connectivity index (χ3v) is 3.66. The van der Waals surface area contributed by atoms with E-state index in [0.717, 1.165) is 11.1 Å². The van der Waals surface area contributed by atoms with E-state index in [1.807, 2.05) is 13.0 Å². The van der Waals surface area contributed by atoms with Crippen LogP contribution in [-0.2, 0) is 4.74 Å². The summed E-state index contributed by atoms with van der Waals surface area (Å²) in [5.41, 5.74) is 2.17. The summed E-state index contributed by atoms with van der Waals surface area (Å²) in [5, 5.41) is 11.1. The van der Waals surface area contributed by atoms with Crippen LogP contribution >= 0.6 is 0 Å². The number of benzene rings is 2. The minimum atomic E-state index is -0.886. The molecule has 0 spiro atoms. The van der Waals surface area contributed by atoms with E-state index in [2.05, 4.69) is 0 Å². The van der Waals surface area contributed by atoms with Crippen molar-refractivity contribution < 1.29 is 19.2 Å². The molecule has 0 aliphatic rings. The monoisotopic (exact) mass is 327 g/mol. The van der Waals surface area contributed by atoms with Crippen molar-refractivity contribution in [2.24, 2.45) is 0 Å². The first-order chi connectivity index (χ1) is 11.3. The Morgan fingerprint density at radius 3 is 2.38 bits per heavy atom. The Labute approximate surface area is 139 Å². The number of ether oxygens (including phenoxy) is 1. The topological polar surface area (TPSA) is 86.5 Å². The number of aryl methyl sites for hydroxylation is 3. The van der Waals surface area contributed by atoms with Gasteiger partial charge in [-0.2, -0.15) is 0 Å². The van der Waals surface area contributed by atoms with E-state index in [4.69, 9.17) is 4.74 Å². The predicted octanol–water partition coefficient (Wildman–Crippen LogP) is 3.56. The van der Waals surface area contributed by atoms with Crippen molar-refractivity contribution in [2.75, 3.05) is 6.61 Å². The van der Waals surface area contributed by atoms with Gasteiger partial charge in [0.25, 0.3) is 5.69 Å². The van der Waals surface area contributed by atoms with E-state index in [1.54, 1.807) is 19.1 Å². The highest BCUT2D eigenvalue weighted by atomic mass is 16.6. The lowest BCUT2D eigenvalue weighted by atomic mass is 10.0. The van der Waals surface area contributed by atoms with E-state index in [1.165, 1.54) is 25.1 Å². The minimum absolute atomic E-state index is 0.159. The first kappa shape index (κ1) is 17.3. The highest BCUT2D eigenvalue weighted by molar-refractivity contribution is 6.01. The molecule has 0 N–H and O–H groups in total. The second-order valence-electron chi connectivity index (χ2n) is 5.55. The zero-order valence-electron chi connectivity index (χ0n) is 13.7. The Balaban J connectivity index is 2.15. The maximum absolute atomic E-state index is 12.2. The summed E-state index contributed by atoms with van der Waals surface area (Å²) in [6.07, 6.45) is 0. The van der Waals surface area contributed by atoms with E-state index in [0.29, 0.717) is 11.1 Å². The van der Waals surface area contributed by atoms with E-state index < -0.39 is 17.5 Å². The van der Waals surface area contributed by atoms with Crippen molar-refractivity contribution in [3.63, 3.8) is 0 Å². The molecule has 0 bridgehead atoms. The molecule has 0 radical (unpaired) electrons. The lowest BCUT2D eigenvalue weighted by Gasteiger charge is -2.08. The highest BCUT2D eigenvalue weighted by Crippen LogP contribution is 2.23. The molecule has 0 unspecified atom stereocenters.